The summed E-state index contributed by atoms with van der Waals surface area (Å²) in [5.41, 5.74) is 0.891. The van der Waals surface area contributed by atoms with E-state index in [0.29, 0.717) is 19.7 Å². The minimum atomic E-state index is -3.06. The zero-order valence-electron chi connectivity index (χ0n) is 13.9. The first-order chi connectivity index (χ1) is 11.5. The van der Waals surface area contributed by atoms with Gasteiger partial charge in [0.2, 0.25) is 10.0 Å². The molecule has 7 heteroatoms. The number of para-hydroxylation sites is 1. The highest BCUT2D eigenvalue weighted by atomic mass is 32.2. The van der Waals surface area contributed by atoms with Crippen molar-refractivity contribution in [1.82, 2.24) is 14.2 Å². The monoisotopic (exact) mass is 349 g/mol. The predicted octanol–water partition coefficient (Wildman–Crippen LogP) is 1.58. The highest BCUT2D eigenvalue weighted by Crippen LogP contribution is 2.22. The van der Waals surface area contributed by atoms with Crippen LogP contribution in [-0.2, 0) is 10.0 Å². The van der Waals surface area contributed by atoms with Crippen LogP contribution in [0.4, 0.5) is 0 Å². The number of ether oxygens (including phenoxy) is 1. The zero-order valence-corrected chi connectivity index (χ0v) is 14.7. The second kappa shape index (κ2) is 7.46. The first-order valence-electron chi connectivity index (χ1n) is 8.18. The molecule has 0 bridgehead atoms. The summed E-state index contributed by atoms with van der Waals surface area (Å²) in [7, 11) is -3.06. The molecule has 0 unspecified atom stereocenters. The lowest BCUT2D eigenvalue weighted by Gasteiger charge is -2.33. The molecule has 6 nitrogen and oxygen atoms in total. The fraction of sp³-hybridized carbons (Fsp3) is 0.471. The zero-order chi connectivity index (χ0) is 17.0. The number of piperazine rings is 1. The van der Waals surface area contributed by atoms with E-state index in [9.17, 15) is 8.42 Å². The van der Waals surface area contributed by atoms with Gasteiger partial charge in [0.25, 0.3) is 0 Å². The van der Waals surface area contributed by atoms with Gasteiger partial charge < -0.3 is 9.64 Å². The average molecular weight is 349 g/mol. The van der Waals surface area contributed by atoms with Crippen LogP contribution in [0.2, 0.25) is 0 Å². The van der Waals surface area contributed by atoms with Crippen LogP contribution in [0.25, 0.3) is 10.9 Å². The third-order valence-electron chi connectivity index (χ3n) is 4.27. The van der Waals surface area contributed by atoms with Gasteiger partial charge in [0.15, 0.2) is 0 Å². The Kier molecular flexibility index (Phi) is 5.33. The van der Waals surface area contributed by atoms with Crippen LogP contribution >= 0.6 is 0 Å². The third kappa shape index (κ3) is 4.23. The fourth-order valence-electron chi connectivity index (χ4n) is 2.95. The molecule has 130 valence electrons. The van der Waals surface area contributed by atoms with Crippen LogP contribution in [0, 0.1) is 0 Å². The van der Waals surface area contributed by atoms with Crippen LogP contribution in [0.5, 0.6) is 5.75 Å². The number of sulfonamides is 1. The van der Waals surface area contributed by atoms with Gasteiger partial charge in [-0.2, -0.15) is 4.31 Å². The molecule has 0 aliphatic carbocycles. The van der Waals surface area contributed by atoms with Crippen molar-refractivity contribution < 1.29 is 13.2 Å². The van der Waals surface area contributed by atoms with E-state index in [2.05, 4.69) is 9.88 Å². The largest absolute Gasteiger partial charge is 0.491 e. The predicted molar refractivity (Wildman–Crippen MR) is 94.7 cm³/mol. The first kappa shape index (κ1) is 17.1. The van der Waals surface area contributed by atoms with E-state index in [-0.39, 0.29) is 0 Å². The number of pyridine rings is 1. The number of aromatic nitrogens is 1. The van der Waals surface area contributed by atoms with Gasteiger partial charge in [-0.3, -0.25) is 4.98 Å². The first-order valence-corrected chi connectivity index (χ1v) is 10.0. The van der Waals surface area contributed by atoms with E-state index < -0.39 is 10.0 Å². The summed E-state index contributed by atoms with van der Waals surface area (Å²) in [6, 6.07) is 9.89. The van der Waals surface area contributed by atoms with Gasteiger partial charge in [-0.15, -0.1) is 0 Å². The molecule has 1 aliphatic rings. The summed E-state index contributed by atoms with van der Waals surface area (Å²) < 4.78 is 30.4. The van der Waals surface area contributed by atoms with E-state index in [4.69, 9.17) is 4.74 Å². The van der Waals surface area contributed by atoms with Crippen molar-refractivity contribution >= 4 is 20.9 Å². The SMILES string of the molecule is CS(=O)(=O)N1CCN(CCCOc2cccc3cccnc23)CC1. The maximum absolute atomic E-state index is 11.5. The van der Waals surface area contributed by atoms with Crippen LogP contribution in [0.3, 0.4) is 0 Å². The lowest BCUT2D eigenvalue weighted by atomic mass is 10.2. The smallest absolute Gasteiger partial charge is 0.211 e. The molecule has 1 aromatic heterocycles. The normalized spacial score (nSPS) is 17.2. The van der Waals surface area contributed by atoms with Gasteiger partial charge in [0.05, 0.1) is 12.9 Å². The number of rotatable bonds is 6. The lowest BCUT2D eigenvalue weighted by molar-refractivity contribution is 0.175. The minimum absolute atomic E-state index is 0.576. The van der Waals surface area contributed by atoms with Crippen LogP contribution in [-0.4, -0.2) is 68.2 Å². The Hall–Kier alpha value is -1.70. The van der Waals surface area contributed by atoms with E-state index in [1.54, 1.807) is 10.5 Å². The van der Waals surface area contributed by atoms with Crippen molar-refractivity contribution in [2.75, 3.05) is 45.6 Å². The van der Waals surface area contributed by atoms with Crippen molar-refractivity contribution in [1.29, 1.82) is 0 Å². The highest BCUT2D eigenvalue weighted by Gasteiger charge is 2.22. The van der Waals surface area contributed by atoms with E-state index in [1.165, 1.54) is 6.26 Å². The summed E-state index contributed by atoms with van der Waals surface area (Å²) >= 11 is 0. The number of nitrogens with zero attached hydrogens (tertiary/aromatic N) is 3. The van der Waals surface area contributed by atoms with Crippen LogP contribution in [0.1, 0.15) is 6.42 Å². The van der Waals surface area contributed by atoms with Gasteiger partial charge in [0, 0.05) is 44.3 Å². The summed E-state index contributed by atoms with van der Waals surface area (Å²) in [5.74, 6) is 0.815. The fourth-order valence-corrected chi connectivity index (χ4v) is 3.77. The third-order valence-corrected chi connectivity index (χ3v) is 5.58. The van der Waals surface area contributed by atoms with Gasteiger partial charge >= 0.3 is 0 Å². The van der Waals surface area contributed by atoms with Crippen LogP contribution in [0.15, 0.2) is 36.5 Å². The summed E-state index contributed by atoms with van der Waals surface area (Å²) in [6.07, 6.45) is 3.95. The molecule has 3 rings (SSSR count). The molecule has 1 aliphatic heterocycles. The molecule has 1 fully saturated rings. The molecule has 0 amide bonds. The van der Waals surface area contributed by atoms with E-state index >= 15 is 0 Å². The molecule has 0 spiro atoms. The maximum Gasteiger partial charge on any atom is 0.211 e. The Morgan fingerprint density at radius 2 is 1.88 bits per heavy atom. The van der Waals surface area contributed by atoms with Crippen molar-refractivity contribution in [3.8, 4) is 5.75 Å². The Bertz CT molecular complexity index is 781. The number of hydrogen-bond acceptors (Lipinski definition) is 5. The highest BCUT2D eigenvalue weighted by molar-refractivity contribution is 7.88. The molecular weight excluding hydrogens is 326 g/mol. The van der Waals surface area contributed by atoms with Crippen LogP contribution < -0.4 is 4.74 Å². The summed E-state index contributed by atoms with van der Waals surface area (Å²) in [5, 5.41) is 1.08. The van der Waals surface area contributed by atoms with Crippen molar-refractivity contribution in [2.45, 2.75) is 6.42 Å². The molecule has 24 heavy (non-hydrogen) atoms. The van der Waals surface area contributed by atoms with Gasteiger partial charge in [0.1, 0.15) is 11.3 Å². The second-order valence-electron chi connectivity index (χ2n) is 6.04. The van der Waals surface area contributed by atoms with Gasteiger partial charge in [-0.25, -0.2) is 8.42 Å². The molecule has 0 atom stereocenters. The average Bonchev–Trinajstić information content (AvgIpc) is 2.58. The Morgan fingerprint density at radius 1 is 1.12 bits per heavy atom. The molecule has 2 heterocycles. The van der Waals surface area contributed by atoms with E-state index in [1.807, 2.05) is 30.3 Å². The van der Waals surface area contributed by atoms with Gasteiger partial charge in [-0.05, 0) is 18.6 Å². The van der Waals surface area contributed by atoms with Crippen molar-refractivity contribution in [2.24, 2.45) is 0 Å². The molecule has 1 aromatic carbocycles. The molecule has 0 saturated carbocycles. The Labute approximate surface area is 143 Å². The quantitative estimate of drug-likeness (QED) is 0.741. The number of benzene rings is 1. The number of hydrogen-bond donors (Lipinski definition) is 0. The molecule has 1 saturated heterocycles. The minimum Gasteiger partial charge on any atom is -0.491 e. The summed E-state index contributed by atoms with van der Waals surface area (Å²) in [6.45, 7) is 4.25. The molecule has 2 aromatic rings. The summed E-state index contributed by atoms with van der Waals surface area (Å²) in [4.78, 5) is 6.67. The number of fused-ring (bicyclic) bond motifs is 1. The van der Waals surface area contributed by atoms with Gasteiger partial charge in [-0.1, -0.05) is 18.2 Å². The maximum atomic E-state index is 11.5. The Balaban J connectivity index is 1.45. The standard InChI is InChI=1S/C17H23N3O3S/c1-24(21,22)20-12-10-19(11-13-20)9-4-14-23-16-7-2-5-15-6-3-8-18-17(15)16/h2-3,5-8H,4,9-14H2,1H3. The van der Waals surface area contributed by atoms with Crippen molar-refractivity contribution in [3.63, 3.8) is 0 Å². The molecule has 0 N–H and O–H groups in total. The molecule has 0 radical (unpaired) electrons. The van der Waals surface area contributed by atoms with Crippen molar-refractivity contribution in [3.05, 3.63) is 36.5 Å². The van der Waals surface area contributed by atoms with E-state index in [0.717, 1.165) is 42.7 Å². The Morgan fingerprint density at radius 3 is 2.62 bits per heavy atom. The second-order valence-corrected chi connectivity index (χ2v) is 8.02. The topological polar surface area (TPSA) is 62.7 Å². The molecular formula is C17H23N3O3S. The lowest BCUT2D eigenvalue weighted by Crippen LogP contribution is -2.48.